The van der Waals surface area contributed by atoms with E-state index in [2.05, 4.69) is 4.98 Å². The second-order valence-corrected chi connectivity index (χ2v) is 3.28. The van der Waals surface area contributed by atoms with Crippen molar-refractivity contribution >= 4 is 5.69 Å². The zero-order chi connectivity index (χ0) is 12.3. The smallest absolute Gasteiger partial charge is 0.246 e. The number of methoxy groups -OCH3 is 1. The van der Waals surface area contributed by atoms with E-state index in [1.807, 2.05) is 0 Å². The summed E-state index contributed by atoms with van der Waals surface area (Å²) in [5.74, 6) is 0.0662. The zero-order valence-electron chi connectivity index (χ0n) is 9.18. The molecule has 2 N–H and O–H groups in total. The molecule has 0 atom stereocenters. The average Bonchev–Trinajstić information content (AvgIpc) is 2.35. The normalized spacial score (nSPS) is 10.0. The van der Waals surface area contributed by atoms with Gasteiger partial charge in [0.05, 0.1) is 12.8 Å². The number of hydrogen-bond acceptors (Lipinski definition) is 4. The quantitative estimate of drug-likeness (QED) is 0.886. The fraction of sp³-hybridized carbons (Fsp3) is 0.0833. The maximum atomic E-state index is 13.4. The minimum absolute atomic E-state index is 0.0694. The summed E-state index contributed by atoms with van der Waals surface area (Å²) >= 11 is 0. The lowest BCUT2D eigenvalue weighted by Crippen LogP contribution is -1.98. The number of anilines is 1. The third-order valence-corrected chi connectivity index (χ3v) is 2.12. The molecular formula is C12H11FN2O2. The van der Waals surface area contributed by atoms with Crippen molar-refractivity contribution < 1.29 is 13.9 Å². The molecule has 88 valence electrons. The van der Waals surface area contributed by atoms with Gasteiger partial charge in [0.2, 0.25) is 11.8 Å². The summed E-state index contributed by atoms with van der Waals surface area (Å²) in [5.41, 5.74) is 5.99. The number of para-hydroxylation sites is 1. The monoisotopic (exact) mass is 234 g/mol. The molecule has 2 aromatic rings. The van der Waals surface area contributed by atoms with Gasteiger partial charge >= 0.3 is 0 Å². The van der Waals surface area contributed by atoms with Crippen molar-refractivity contribution in [3.63, 3.8) is 0 Å². The molecule has 5 heteroatoms. The molecule has 0 aliphatic rings. The van der Waals surface area contributed by atoms with Gasteiger partial charge in [-0.2, -0.15) is 4.98 Å². The highest BCUT2D eigenvalue weighted by Crippen LogP contribution is 2.28. The summed E-state index contributed by atoms with van der Waals surface area (Å²) in [6, 6.07) is 9.21. The Kier molecular flexibility index (Phi) is 3.09. The van der Waals surface area contributed by atoms with Crippen LogP contribution < -0.4 is 15.2 Å². The Morgan fingerprint density at radius 3 is 2.65 bits per heavy atom. The van der Waals surface area contributed by atoms with Crippen LogP contribution in [0.1, 0.15) is 0 Å². The number of nitrogens with two attached hydrogens (primary N) is 1. The molecular weight excluding hydrogens is 223 g/mol. The summed E-state index contributed by atoms with van der Waals surface area (Å²) in [4.78, 5) is 3.99. The summed E-state index contributed by atoms with van der Waals surface area (Å²) in [5, 5.41) is 0. The number of hydrogen-bond donors (Lipinski definition) is 1. The molecule has 2 rings (SSSR count). The molecule has 0 fully saturated rings. The minimum Gasteiger partial charge on any atom is -0.481 e. The fourth-order valence-corrected chi connectivity index (χ4v) is 1.26. The number of aromatic nitrogens is 1. The van der Waals surface area contributed by atoms with Crippen molar-refractivity contribution in [2.24, 2.45) is 0 Å². The third-order valence-electron chi connectivity index (χ3n) is 2.12. The number of pyridine rings is 1. The van der Waals surface area contributed by atoms with E-state index in [1.54, 1.807) is 24.3 Å². The molecule has 0 unspecified atom stereocenters. The van der Waals surface area contributed by atoms with Crippen LogP contribution in [0.4, 0.5) is 10.1 Å². The van der Waals surface area contributed by atoms with Crippen LogP contribution in [0.2, 0.25) is 0 Å². The van der Waals surface area contributed by atoms with Crippen LogP contribution in [0.3, 0.4) is 0 Å². The molecule has 17 heavy (non-hydrogen) atoms. The van der Waals surface area contributed by atoms with Crippen molar-refractivity contribution in [1.29, 1.82) is 0 Å². The maximum absolute atomic E-state index is 13.4. The highest BCUT2D eigenvalue weighted by atomic mass is 19.1. The van der Waals surface area contributed by atoms with Crippen molar-refractivity contribution in [1.82, 2.24) is 4.98 Å². The largest absolute Gasteiger partial charge is 0.481 e. The predicted octanol–water partition coefficient (Wildman–Crippen LogP) is 2.60. The summed E-state index contributed by atoms with van der Waals surface area (Å²) < 4.78 is 23.6. The first-order valence-electron chi connectivity index (χ1n) is 4.93. The van der Waals surface area contributed by atoms with Crippen LogP contribution in [-0.2, 0) is 0 Å². The van der Waals surface area contributed by atoms with Crippen molar-refractivity contribution in [2.75, 3.05) is 12.8 Å². The second kappa shape index (κ2) is 4.69. The lowest BCUT2D eigenvalue weighted by atomic mass is 10.3. The van der Waals surface area contributed by atoms with Gasteiger partial charge in [0.1, 0.15) is 0 Å². The van der Waals surface area contributed by atoms with Crippen LogP contribution in [0, 0.1) is 5.82 Å². The van der Waals surface area contributed by atoms with Gasteiger partial charge in [0.15, 0.2) is 11.6 Å². The Hall–Kier alpha value is -2.30. The summed E-state index contributed by atoms with van der Waals surface area (Å²) in [6.07, 6.45) is 0. The summed E-state index contributed by atoms with van der Waals surface area (Å²) in [7, 11) is 1.48. The van der Waals surface area contributed by atoms with Gasteiger partial charge in [0, 0.05) is 6.07 Å². The topological polar surface area (TPSA) is 57.4 Å². The Morgan fingerprint density at radius 1 is 1.18 bits per heavy atom. The van der Waals surface area contributed by atoms with E-state index >= 15 is 0 Å². The number of rotatable bonds is 3. The maximum Gasteiger partial charge on any atom is 0.246 e. The van der Waals surface area contributed by atoms with Crippen LogP contribution >= 0.6 is 0 Å². The standard InChI is InChI=1S/C12H11FN2O2/c1-16-11-7-6-9(14)12(15-11)17-10-5-3-2-4-8(10)13/h2-7H,14H2,1H3. The molecule has 0 aliphatic heterocycles. The molecule has 0 bridgehead atoms. The molecule has 0 amide bonds. The average molecular weight is 234 g/mol. The molecule has 1 aromatic carbocycles. The molecule has 0 radical (unpaired) electrons. The van der Waals surface area contributed by atoms with Crippen molar-refractivity contribution in [3.05, 3.63) is 42.2 Å². The lowest BCUT2D eigenvalue weighted by molar-refractivity contribution is 0.379. The van der Waals surface area contributed by atoms with Crippen molar-refractivity contribution in [2.45, 2.75) is 0 Å². The second-order valence-electron chi connectivity index (χ2n) is 3.28. The fourth-order valence-electron chi connectivity index (χ4n) is 1.26. The Morgan fingerprint density at radius 2 is 1.94 bits per heavy atom. The van der Waals surface area contributed by atoms with E-state index in [1.165, 1.54) is 19.2 Å². The van der Waals surface area contributed by atoms with Gasteiger partial charge in [0.25, 0.3) is 0 Å². The van der Waals surface area contributed by atoms with Gasteiger partial charge in [-0.15, -0.1) is 0 Å². The van der Waals surface area contributed by atoms with Crippen LogP contribution in [0.15, 0.2) is 36.4 Å². The van der Waals surface area contributed by atoms with E-state index in [0.717, 1.165) is 0 Å². The van der Waals surface area contributed by atoms with Gasteiger partial charge in [-0.25, -0.2) is 4.39 Å². The van der Waals surface area contributed by atoms with Gasteiger partial charge < -0.3 is 15.2 Å². The molecule has 0 saturated carbocycles. The summed E-state index contributed by atoms with van der Waals surface area (Å²) in [6.45, 7) is 0. The van der Waals surface area contributed by atoms with E-state index in [9.17, 15) is 4.39 Å². The van der Waals surface area contributed by atoms with E-state index in [0.29, 0.717) is 11.6 Å². The molecule has 1 heterocycles. The highest BCUT2D eigenvalue weighted by molar-refractivity contribution is 5.51. The number of ether oxygens (including phenoxy) is 2. The lowest BCUT2D eigenvalue weighted by Gasteiger charge is -2.09. The van der Waals surface area contributed by atoms with E-state index < -0.39 is 5.82 Å². The molecule has 4 nitrogen and oxygen atoms in total. The first kappa shape index (κ1) is 11.2. The first-order chi connectivity index (χ1) is 8.20. The third kappa shape index (κ3) is 2.44. The van der Waals surface area contributed by atoms with Gasteiger partial charge in [-0.05, 0) is 18.2 Å². The molecule has 0 aliphatic carbocycles. The molecule has 0 spiro atoms. The Labute approximate surface area is 97.8 Å². The minimum atomic E-state index is -0.475. The highest BCUT2D eigenvalue weighted by Gasteiger charge is 2.09. The van der Waals surface area contributed by atoms with Crippen molar-refractivity contribution in [3.8, 4) is 17.5 Å². The first-order valence-corrected chi connectivity index (χ1v) is 4.93. The Bertz CT molecular complexity index is 532. The van der Waals surface area contributed by atoms with Gasteiger partial charge in [-0.3, -0.25) is 0 Å². The van der Waals surface area contributed by atoms with E-state index in [4.69, 9.17) is 15.2 Å². The SMILES string of the molecule is COc1ccc(N)c(Oc2ccccc2F)n1. The van der Waals surface area contributed by atoms with Crippen LogP contribution in [0.25, 0.3) is 0 Å². The Balaban J connectivity index is 2.32. The van der Waals surface area contributed by atoms with Crippen LogP contribution in [0.5, 0.6) is 17.5 Å². The molecule has 1 aromatic heterocycles. The number of nitrogens with zero attached hydrogens (tertiary/aromatic N) is 1. The van der Waals surface area contributed by atoms with E-state index in [-0.39, 0.29) is 11.6 Å². The van der Waals surface area contributed by atoms with Gasteiger partial charge in [-0.1, -0.05) is 12.1 Å². The van der Waals surface area contributed by atoms with Crippen LogP contribution in [-0.4, -0.2) is 12.1 Å². The number of nitrogen functional groups attached to an aromatic ring is 1. The predicted molar refractivity (Wildman–Crippen MR) is 61.7 cm³/mol. The number of halogens is 1. The zero-order valence-corrected chi connectivity index (χ0v) is 9.18. The molecule has 0 saturated heterocycles. The number of benzene rings is 1.